The van der Waals surface area contributed by atoms with Crippen molar-refractivity contribution in [3.05, 3.63) is 64.8 Å². The van der Waals surface area contributed by atoms with E-state index in [1.54, 1.807) is 18.3 Å². The lowest BCUT2D eigenvalue weighted by molar-refractivity contribution is 0.0843. The number of hydrogen-bond acceptors (Lipinski definition) is 3. The van der Waals surface area contributed by atoms with Crippen molar-refractivity contribution in [2.45, 2.75) is 6.61 Å². The average Bonchev–Trinajstić information content (AvgIpc) is 2.93. The molecule has 3 aromatic rings. The molecule has 0 atom stereocenters. The number of aliphatic hydroxyl groups is 1. The van der Waals surface area contributed by atoms with E-state index in [-0.39, 0.29) is 19.1 Å². The maximum Gasteiger partial charge on any atom is 0.268 e. The number of para-hydroxylation sites is 1. The number of aromatic nitrogens is 1. The molecule has 0 spiro atoms. The molecule has 0 bridgehead atoms. The summed E-state index contributed by atoms with van der Waals surface area (Å²) in [5.41, 5.74) is 1.50. The topological polar surface area (TPSA) is 51.5 Å². The van der Waals surface area contributed by atoms with Crippen LogP contribution in [-0.2, 0) is 6.61 Å². The van der Waals surface area contributed by atoms with Crippen LogP contribution in [-0.4, -0.2) is 22.2 Å². The smallest absolute Gasteiger partial charge is 0.268 e. The van der Waals surface area contributed by atoms with Gasteiger partial charge in [-0.25, -0.2) is 0 Å². The van der Waals surface area contributed by atoms with Gasteiger partial charge in [-0.2, -0.15) is 0 Å². The van der Waals surface area contributed by atoms with Gasteiger partial charge in [-0.05, 0) is 30.3 Å². The fourth-order valence-electron chi connectivity index (χ4n) is 2.33. The molecular weight excluding hydrogens is 346 g/mol. The van der Waals surface area contributed by atoms with E-state index in [0.717, 1.165) is 20.9 Å². The molecule has 0 aliphatic carbocycles. The molecule has 0 aliphatic heterocycles. The van der Waals surface area contributed by atoms with Gasteiger partial charge < -0.3 is 9.84 Å². The van der Waals surface area contributed by atoms with Crippen molar-refractivity contribution in [1.82, 2.24) is 4.57 Å². The fourth-order valence-corrected chi connectivity index (χ4v) is 2.59. The van der Waals surface area contributed by atoms with Crippen molar-refractivity contribution in [3.8, 4) is 5.75 Å². The van der Waals surface area contributed by atoms with Gasteiger partial charge >= 0.3 is 0 Å². The first-order chi connectivity index (χ1) is 10.7. The van der Waals surface area contributed by atoms with E-state index in [9.17, 15) is 9.90 Å². The van der Waals surface area contributed by atoms with Crippen molar-refractivity contribution in [2.24, 2.45) is 0 Å². The zero-order valence-electron chi connectivity index (χ0n) is 11.7. The second kappa shape index (κ2) is 6.34. The molecule has 4 nitrogen and oxygen atoms in total. The minimum atomic E-state index is -0.182. The van der Waals surface area contributed by atoms with Gasteiger partial charge in [0.25, 0.3) is 5.91 Å². The Hall–Kier alpha value is -2.11. The molecule has 22 heavy (non-hydrogen) atoms. The number of halogens is 1. The van der Waals surface area contributed by atoms with Crippen molar-refractivity contribution < 1.29 is 14.6 Å². The predicted octanol–water partition coefficient (Wildman–Crippen LogP) is 3.62. The number of benzene rings is 2. The molecule has 112 valence electrons. The lowest BCUT2D eigenvalue weighted by Crippen LogP contribution is -2.18. The number of nitrogens with zero attached hydrogens (tertiary/aromatic N) is 1. The molecule has 0 amide bonds. The highest BCUT2D eigenvalue weighted by Crippen LogP contribution is 2.21. The van der Waals surface area contributed by atoms with Crippen LogP contribution in [0.15, 0.2) is 59.2 Å². The highest BCUT2D eigenvalue weighted by Gasteiger charge is 2.13. The summed E-state index contributed by atoms with van der Waals surface area (Å²) in [6, 6.07) is 14.8. The zero-order chi connectivity index (χ0) is 15.5. The molecule has 2 aromatic carbocycles. The van der Waals surface area contributed by atoms with Gasteiger partial charge in [0.2, 0.25) is 0 Å². The first-order valence-corrected chi connectivity index (χ1v) is 7.60. The fraction of sp³-hybridized carbons (Fsp3) is 0.118. The van der Waals surface area contributed by atoms with Crippen LogP contribution in [0.5, 0.6) is 5.75 Å². The Balaban J connectivity index is 1.82. The lowest BCUT2D eigenvalue weighted by Gasteiger charge is -2.07. The third kappa shape index (κ3) is 2.91. The van der Waals surface area contributed by atoms with Crippen LogP contribution in [0.1, 0.15) is 10.4 Å². The first kappa shape index (κ1) is 14.8. The number of rotatable bonds is 4. The molecular formula is C17H14BrNO3. The SMILES string of the molecule is O=C(COc1ccc(Br)cc1)n1cc(CO)c2ccccc21. The quantitative estimate of drug-likeness (QED) is 0.773. The summed E-state index contributed by atoms with van der Waals surface area (Å²) in [6.45, 7) is -0.167. The standard InChI is InChI=1S/C17H14BrNO3/c18-13-5-7-14(8-6-13)22-11-17(21)19-9-12(10-20)15-3-1-2-4-16(15)19/h1-9,20H,10-11H2. The van der Waals surface area contributed by atoms with Crippen LogP contribution in [0.2, 0.25) is 0 Å². The summed E-state index contributed by atoms with van der Waals surface area (Å²) < 4.78 is 8.00. The lowest BCUT2D eigenvalue weighted by atomic mass is 10.2. The molecule has 0 saturated heterocycles. The van der Waals surface area contributed by atoms with Gasteiger partial charge in [-0.3, -0.25) is 9.36 Å². The van der Waals surface area contributed by atoms with E-state index in [1.807, 2.05) is 36.4 Å². The van der Waals surface area contributed by atoms with Gasteiger partial charge in [0.05, 0.1) is 12.1 Å². The summed E-state index contributed by atoms with van der Waals surface area (Å²) in [5.74, 6) is 0.453. The number of hydrogen-bond donors (Lipinski definition) is 1. The van der Waals surface area contributed by atoms with E-state index in [0.29, 0.717) is 5.75 Å². The maximum absolute atomic E-state index is 12.4. The van der Waals surface area contributed by atoms with E-state index in [1.165, 1.54) is 4.57 Å². The number of fused-ring (bicyclic) bond motifs is 1. The maximum atomic E-state index is 12.4. The Labute approximate surface area is 136 Å². The van der Waals surface area contributed by atoms with E-state index >= 15 is 0 Å². The van der Waals surface area contributed by atoms with Crippen molar-refractivity contribution in [1.29, 1.82) is 0 Å². The molecule has 3 rings (SSSR count). The van der Waals surface area contributed by atoms with Crippen LogP contribution in [0, 0.1) is 0 Å². The number of carbonyl (C=O) groups is 1. The van der Waals surface area contributed by atoms with Crippen LogP contribution in [0.3, 0.4) is 0 Å². The molecule has 5 heteroatoms. The minimum Gasteiger partial charge on any atom is -0.484 e. The van der Waals surface area contributed by atoms with Crippen molar-refractivity contribution in [3.63, 3.8) is 0 Å². The molecule has 0 unspecified atom stereocenters. The van der Waals surface area contributed by atoms with Gasteiger partial charge in [0.1, 0.15) is 5.75 Å². The van der Waals surface area contributed by atoms with Crippen LogP contribution in [0.25, 0.3) is 10.9 Å². The number of carbonyl (C=O) groups excluding carboxylic acids is 1. The monoisotopic (exact) mass is 359 g/mol. The number of ether oxygens (including phenoxy) is 1. The molecule has 1 aromatic heterocycles. The predicted molar refractivity (Wildman–Crippen MR) is 88.1 cm³/mol. The Kier molecular flexibility index (Phi) is 4.27. The Morgan fingerprint density at radius 3 is 2.59 bits per heavy atom. The van der Waals surface area contributed by atoms with Crippen LogP contribution in [0.4, 0.5) is 0 Å². The van der Waals surface area contributed by atoms with E-state index in [4.69, 9.17) is 4.74 Å². The molecule has 0 saturated carbocycles. The third-order valence-electron chi connectivity index (χ3n) is 3.41. The third-order valence-corrected chi connectivity index (χ3v) is 3.94. The molecule has 1 N–H and O–H groups in total. The van der Waals surface area contributed by atoms with Crippen LogP contribution < -0.4 is 4.74 Å². The summed E-state index contributed by atoms with van der Waals surface area (Å²) in [6.07, 6.45) is 1.66. The van der Waals surface area contributed by atoms with Crippen molar-refractivity contribution in [2.75, 3.05) is 6.61 Å². The Bertz CT molecular complexity index is 808. The van der Waals surface area contributed by atoms with E-state index in [2.05, 4.69) is 15.9 Å². The van der Waals surface area contributed by atoms with Crippen LogP contribution >= 0.6 is 15.9 Å². The van der Waals surface area contributed by atoms with Gasteiger partial charge in [-0.1, -0.05) is 34.1 Å². The molecule has 0 aliphatic rings. The van der Waals surface area contributed by atoms with E-state index < -0.39 is 0 Å². The molecule has 0 fully saturated rings. The Morgan fingerprint density at radius 2 is 1.86 bits per heavy atom. The zero-order valence-corrected chi connectivity index (χ0v) is 13.3. The minimum absolute atomic E-state index is 0.0643. The van der Waals surface area contributed by atoms with Gasteiger partial charge in [0.15, 0.2) is 6.61 Å². The summed E-state index contributed by atoms with van der Waals surface area (Å²) in [7, 11) is 0. The second-order valence-electron chi connectivity index (χ2n) is 4.84. The highest BCUT2D eigenvalue weighted by molar-refractivity contribution is 9.10. The van der Waals surface area contributed by atoms with Gasteiger partial charge in [-0.15, -0.1) is 0 Å². The summed E-state index contributed by atoms with van der Waals surface area (Å²) in [5, 5.41) is 10.3. The normalized spacial score (nSPS) is 10.8. The molecule has 0 radical (unpaired) electrons. The average molecular weight is 360 g/mol. The number of aliphatic hydroxyl groups excluding tert-OH is 1. The highest BCUT2D eigenvalue weighted by atomic mass is 79.9. The first-order valence-electron chi connectivity index (χ1n) is 6.80. The molecule has 1 heterocycles. The Morgan fingerprint density at radius 1 is 1.14 bits per heavy atom. The largest absolute Gasteiger partial charge is 0.484 e. The van der Waals surface area contributed by atoms with Crippen molar-refractivity contribution >= 4 is 32.7 Å². The summed E-state index contributed by atoms with van der Waals surface area (Å²) >= 11 is 3.35. The van der Waals surface area contributed by atoms with Gasteiger partial charge in [0, 0.05) is 21.6 Å². The second-order valence-corrected chi connectivity index (χ2v) is 5.75. The summed E-state index contributed by atoms with van der Waals surface area (Å²) in [4.78, 5) is 12.4.